The van der Waals surface area contributed by atoms with Crippen molar-refractivity contribution in [2.45, 2.75) is 230 Å². The first kappa shape index (κ1) is 56.9. The van der Waals surface area contributed by atoms with Crippen molar-refractivity contribution >= 4 is 18.2 Å². The van der Waals surface area contributed by atoms with Crippen LogP contribution in [0.3, 0.4) is 0 Å². The Bertz CT molecular complexity index is 2030. The summed E-state index contributed by atoms with van der Waals surface area (Å²) in [4.78, 5) is 41.7. The molecular formula is C53H87N2O18+. The number of aliphatic hydroxyl groups excluding tert-OH is 9. The number of hydrogen-bond acceptors (Lipinski definition) is 18. The van der Waals surface area contributed by atoms with Crippen molar-refractivity contribution in [3.63, 3.8) is 0 Å². The normalized spacial score (nSPS) is 50.5. The number of aliphatic hydroxyl groups is 9. The predicted molar refractivity (Wildman–Crippen MR) is 257 cm³/mol. The second-order valence-corrected chi connectivity index (χ2v) is 25.0. The first-order valence-electron chi connectivity index (χ1n) is 27.0. The fourth-order valence-electron chi connectivity index (χ4n) is 15.7. The molecule has 13 N–H and O–H groups in total. The van der Waals surface area contributed by atoms with E-state index >= 15 is 4.79 Å². The molecule has 7 fully saturated rings. The van der Waals surface area contributed by atoms with Gasteiger partial charge >= 0.3 is 5.97 Å². The van der Waals surface area contributed by atoms with Gasteiger partial charge in [-0.05, 0) is 123 Å². The van der Waals surface area contributed by atoms with Gasteiger partial charge in [-0.25, -0.2) is 0 Å². The van der Waals surface area contributed by atoms with Gasteiger partial charge in [0.1, 0.15) is 60.5 Å². The molecule has 0 spiro atoms. The maximum Gasteiger partial charge on any atom is 0.317 e. The number of carbonyl (C=O) groups is 3. The minimum Gasteiger partial charge on any atom is -0.432 e. The molecule has 0 aromatic carbocycles. The van der Waals surface area contributed by atoms with Crippen LogP contribution in [0.25, 0.3) is 0 Å². The summed E-state index contributed by atoms with van der Waals surface area (Å²) in [5.74, 6) is -1.69. The Morgan fingerprint density at radius 2 is 1.48 bits per heavy atom. The van der Waals surface area contributed by atoms with E-state index in [0.717, 1.165) is 44.0 Å². The van der Waals surface area contributed by atoms with Gasteiger partial charge in [0, 0.05) is 6.42 Å². The van der Waals surface area contributed by atoms with E-state index in [4.69, 9.17) is 28.4 Å². The molecule has 20 heteroatoms. The molecule has 0 radical (unpaired) electrons. The van der Waals surface area contributed by atoms with Crippen molar-refractivity contribution in [1.29, 1.82) is 0 Å². The van der Waals surface area contributed by atoms with Gasteiger partial charge < -0.3 is 90.2 Å². The van der Waals surface area contributed by atoms with Gasteiger partial charge in [-0.1, -0.05) is 53.2 Å². The summed E-state index contributed by atoms with van der Waals surface area (Å²) in [6.07, 6.45) is -12.5. The summed E-state index contributed by atoms with van der Waals surface area (Å²) < 4.78 is 36.3. The van der Waals surface area contributed by atoms with Crippen molar-refractivity contribution in [2.24, 2.45) is 50.2 Å². The Morgan fingerprint density at radius 1 is 0.781 bits per heavy atom. The SMILES string of the molecule is CC1OC(OC2C(OC(=O)C34CCC(C)(C)CC3C3=CCC5C6(C)CCC(O)C(C)(C=O)C6CCC5(C)C3(C)CC4O)OC(CO)C(NC(=O)CCCCC[NH3+])C2O)C(O)C(O)C1OC1OCC(O)C(O)C1O. The van der Waals surface area contributed by atoms with E-state index in [2.05, 4.69) is 51.7 Å². The minimum absolute atomic E-state index is 0.0355. The van der Waals surface area contributed by atoms with Crippen molar-refractivity contribution in [3.05, 3.63) is 11.6 Å². The zero-order valence-corrected chi connectivity index (χ0v) is 43.8. The van der Waals surface area contributed by atoms with E-state index in [1.54, 1.807) is 0 Å². The third kappa shape index (κ3) is 9.59. The first-order chi connectivity index (χ1) is 34.3. The van der Waals surface area contributed by atoms with Crippen LogP contribution in [0.2, 0.25) is 0 Å². The highest BCUT2D eigenvalue weighted by atomic mass is 16.8. The molecule has 3 aliphatic heterocycles. The molecule has 24 atom stereocenters. The number of aldehydes is 1. The summed E-state index contributed by atoms with van der Waals surface area (Å²) in [6.45, 7) is 14.1. The zero-order chi connectivity index (χ0) is 53.4. The highest BCUT2D eigenvalue weighted by molar-refractivity contribution is 5.80. The molecule has 1 amide bonds. The highest BCUT2D eigenvalue weighted by Gasteiger charge is 2.72. The van der Waals surface area contributed by atoms with E-state index in [-0.39, 0.29) is 54.0 Å². The van der Waals surface area contributed by atoms with Gasteiger partial charge in [0.15, 0.2) is 18.7 Å². The molecule has 24 unspecified atom stereocenters. The number of ether oxygens (including phenoxy) is 6. The average molecular weight is 1040 g/mol. The molecule has 4 saturated carbocycles. The van der Waals surface area contributed by atoms with Crippen molar-refractivity contribution in [1.82, 2.24) is 5.32 Å². The number of carbonyl (C=O) groups excluding carboxylic acids is 3. The molecule has 0 aromatic rings. The Hall–Kier alpha value is -2.25. The third-order valence-electron chi connectivity index (χ3n) is 20.4. The zero-order valence-electron chi connectivity index (χ0n) is 43.8. The van der Waals surface area contributed by atoms with Crippen LogP contribution in [0.5, 0.6) is 0 Å². The lowest BCUT2D eigenvalue weighted by Gasteiger charge is -2.71. The summed E-state index contributed by atoms with van der Waals surface area (Å²) in [5.41, 5.74) is 1.06. The Kier molecular flexibility index (Phi) is 16.5. The van der Waals surface area contributed by atoms with Gasteiger partial charge in [0.25, 0.3) is 0 Å². The second kappa shape index (κ2) is 21.2. The third-order valence-corrected chi connectivity index (χ3v) is 20.4. The molecule has 20 nitrogen and oxygen atoms in total. The van der Waals surface area contributed by atoms with Crippen LogP contribution in [-0.2, 0) is 42.8 Å². The monoisotopic (exact) mass is 1040 g/mol. The highest BCUT2D eigenvalue weighted by Crippen LogP contribution is 2.76. The number of quaternary nitrogens is 1. The smallest absolute Gasteiger partial charge is 0.317 e. The van der Waals surface area contributed by atoms with E-state index in [1.807, 2.05) is 6.92 Å². The van der Waals surface area contributed by atoms with Crippen molar-refractivity contribution < 1.29 is 94.5 Å². The van der Waals surface area contributed by atoms with Crippen LogP contribution >= 0.6 is 0 Å². The number of fused-ring (bicyclic) bond motifs is 7. The van der Waals surface area contributed by atoms with E-state index in [9.17, 15) is 55.5 Å². The molecule has 8 aliphatic rings. The maximum atomic E-state index is 15.6. The van der Waals surface area contributed by atoms with E-state index in [0.29, 0.717) is 38.6 Å². The molecule has 8 rings (SSSR count). The summed E-state index contributed by atoms with van der Waals surface area (Å²) >= 11 is 0. The van der Waals surface area contributed by atoms with Gasteiger partial charge in [0.2, 0.25) is 12.2 Å². The minimum atomic E-state index is -1.93. The molecule has 3 saturated heterocycles. The van der Waals surface area contributed by atoms with Crippen LogP contribution < -0.4 is 11.1 Å². The summed E-state index contributed by atoms with van der Waals surface area (Å²) in [5, 5.41) is 104. The lowest BCUT2D eigenvalue weighted by molar-refractivity contribution is -0.370. The number of hydrogen-bond donors (Lipinski definition) is 11. The number of amides is 1. The number of unbranched alkanes of at least 4 members (excludes halogenated alkanes) is 2. The Morgan fingerprint density at radius 3 is 2.16 bits per heavy atom. The molecule has 5 aliphatic carbocycles. The van der Waals surface area contributed by atoms with Crippen molar-refractivity contribution in [2.75, 3.05) is 19.8 Å². The Balaban J connectivity index is 1.10. The average Bonchev–Trinajstić information content (AvgIpc) is 3.33. The first-order valence-corrected chi connectivity index (χ1v) is 27.0. The fraction of sp³-hybridized carbons (Fsp3) is 0.906. The molecule has 3 heterocycles. The van der Waals surface area contributed by atoms with Crippen LogP contribution in [0.1, 0.15) is 132 Å². The molecular weight excluding hydrogens is 953 g/mol. The van der Waals surface area contributed by atoms with Crippen LogP contribution in [0.4, 0.5) is 0 Å². The topological polar surface area (TPSA) is 328 Å². The fourth-order valence-corrected chi connectivity index (χ4v) is 15.7. The molecule has 416 valence electrons. The van der Waals surface area contributed by atoms with Gasteiger partial charge in [0.05, 0.1) is 49.5 Å². The number of rotatable bonds is 14. The van der Waals surface area contributed by atoms with Crippen LogP contribution in [0, 0.1) is 50.2 Å². The lowest BCUT2D eigenvalue weighted by Crippen LogP contribution is -2.69. The lowest BCUT2D eigenvalue weighted by atomic mass is 9.33. The second-order valence-electron chi connectivity index (χ2n) is 25.0. The van der Waals surface area contributed by atoms with Gasteiger partial charge in [-0.2, -0.15) is 0 Å². The van der Waals surface area contributed by atoms with Crippen molar-refractivity contribution in [3.8, 4) is 0 Å². The quantitative estimate of drug-likeness (QED) is 0.0468. The predicted octanol–water partition coefficient (Wildman–Crippen LogP) is -0.117. The largest absolute Gasteiger partial charge is 0.432 e. The van der Waals surface area contributed by atoms with Crippen LogP contribution in [0.15, 0.2) is 11.6 Å². The van der Waals surface area contributed by atoms with E-state index < -0.39 is 139 Å². The molecule has 0 bridgehead atoms. The number of allylic oxidation sites excluding steroid dienone is 2. The van der Waals surface area contributed by atoms with Gasteiger partial charge in [-0.3, -0.25) is 9.59 Å². The molecule has 73 heavy (non-hydrogen) atoms. The molecule has 0 aromatic heterocycles. The number of esters is 1. The number of nitrogens with one attached hydrogen (secondary N) is 1. The van der Waals surface area contributed by atoms with E-state index in [1.165, 1.54) is 6.92 Å². The maximum absolute atomic E-state index is 15.6. The summed E-state index contributed by atoms with van der Waals surface area (Å²) in [7, 11) is 0. The van der Waals surface area contributed by atoms with Crippen LogP contribution in [-0.4, -0.2) is 182 Å². The summed E-state index contributed by atoms with van der Waals surface area (Å²) in [6, 6.07) is -1.33. The van der Waals surface area contributed by atoms with Gasteiger partial charge in [-0.15, -0.1) is 0 Å². The Labute approximate surface area is 428 Å². The standard InChI is InChI=1S/C53H86N2O18/c1-26-42(71-44-40(65)37(62)29(58)24-68-44)39(64)41(66)45(69-26)72-43-38(63)36(55-35(61)11-9-8-10-20-54)30(23-56)70-46(43)73-47(67)53-19-18-48(2,3)21-28(53)27-12-13-32-49(4)16-15-33(59)50(5,25-57)31(49)14-17-51(32,6)52(27,7)22-34(53)60/h12,25-26,28-34,36-46,56,58-60,62-66H,8-11,13-24,54H2,1-7H3,(H,55,61)/p+1.